The SMILES string of the molecule is CC1OC(n2cnc3c(N)ncnc32)CC1(O)C(=O)c1ccc(S(=O)(=O)F)cc1. The molecule has 1 saturated heterocycles. The van der Waals surface area contributed by atoms with Crippen molar-refractivity contribution in [1.29, 1.82) is 0 Å². The number of carbonyl (C=O) groups is 1. The second-order valence-corrected chi connectivity index (χ2v) is 8.08. The van der Waals surface area contributed by atoms with Crippen LogP contribution in [0.1, 0.15) is 29.9 Å². The van der Waals surface area contributed by atoms with E-state index in [9.17, 15) is 22.2 Å². The van der Waals surface area contributed by atoms with Gasteiger partial charge in [0.15, 0.2) is 22.8 Å². The van der Waals surface area contributed by atoms with Gasteiger partial charge in [-0.25, -0.2) is 15.0 Å². The van der Waals surface area contributed by atoms with Gasteiger partial charge in [0.2, 0.25) is 0 Å². The average Bonchev–Trinajstić information content (AvgIpc) is 3.23. The molecule has 0 radical (unpaired) electrons. The number of fused-ring (bicyclic) bond motifs is 1. The first-order valence-corrected chi connectivity index (χ1v) is 9.90. The molecule has 3 atom stereocenters. The zero-order chi connectivity index (χ0) is 21.0. The van der Waals surface area contributed by atoms with Crippen LogP contribution in [0.25, 0.3) is 11.2 Å². The number of aromatic nitrogens is 4. The van der Waals surface area contributed by atoms with Crippen molar-refractivity contribution in [2.24, 2.45) is 0 Å². The zero-order valence-corrected chi connectivity index (χ0v) is 15.9. The van der Waals surface area contributed by atoms with Crippen molar-refractivity contribution in [2.75, 3.05) is 5.73 Å². The summed E-state index contributed by atoms with van der Waals surface area (Å²) in [5.74, 6) is -0.483. The van der Waals surface area contributed by atoms with Crippen LogP contribution in [0, 0.1) is 0 Å². The summed E-state index contributed by atoms with van der Waals surface area (Å²) in [5.41, 5.74) is 4.67. The van der Waals surface area contributed by atoms with Crippen LogP contribution in [0.4, 0.5) is 9.70 Å². The maximum atomic E-state index is 13.0. The highest BCUT2D eigenvalue weighted by Crippen LogP contribution is 2.40. The predicted octanol–water partition coefficient (Wildman–Crippen LogP) is 0.988. The number of nitrogen functional groups attached to an aromatic ring is 1. The lowest BCUT2D eigenvalue weighted by atomic mass is 9.87. The van der Waals surface area contributed by atoms with Crippen LogP contribution in [-0.2, 0) is 15.0 Å². The largest absolute Gasteiger partial charge is 0.382 e. The molecule has 1 aromatic carbocycles. The van der Waals surface area contributed by atoms with Gasteiger partial charge in [0.1, 0.15) is 18.1 Å². The van der Waals surface area contributed by atoms with Crippen molar-refractivity contribution in [3.63, 3.8) is 0 Å². The Labute approximate surface area is 164 Å². The molecule has 10 nitrogen and oxygen atoms in total. The number of rotatable bonds is 4. The van der Waals surface area contributed by atoms with Gasteiger partial charge in [-0.15, -0.1) is 3.89 Å². The minimum Gasteiger partial charge on any atom is -0.382 e. The molecule has 3 N–H and O–H groups in total. The third-order valence-corrected chi connectivity index (χ3v) is 5.84. The van der Waals surface area contributed by atoms with E-state index in [0.29, 0.717) is 11.2 Å². The number of aliphatic hydroxyl groups is 1. The zero-order valence-electron chi connectivity index (χ0n) is 15.1. The quantitative estimate of drug-likeness (QED) is 0.464. The Hall–Kier alpha value is -2.96. The van der Waals surface area contributed by atoms with Crippen molar-refractivity contribution in [3.8, 4) is 0 Å². The number of benzene rings is 1. The standard InChI is InChI=1S/C17H16FN5O5S/c1-9-17(25,14(24)10-2-4-11(5-3-10)29(18,26)27)6-12(28-9)23-8-22-13-15(19)20-7-21-16(13)23/h2-5,7-9,12,25H,6H2,1H3,(H2,19,20,21). The summed E-state index contributed by atoms with van der Waals surface area (Å²) in [7, 11) is -4.88. The summed E-state index contributed by atoms with van der Waals surface area (Å²) in [4.78, 5) is 24.5. The summed E-state index contributed by atoms with van der Waals surface area (Å²) in [5, 5.41) is 11.0. The van der Waals surface area contributed by atoms with Crippen LogP contribution in [-0.4, -0.2) is 50.5 Å². The van der Waals surface area contributed by atoms with Gasteiger partial charge in [-0.1, -0.05) is 0 Å². The lowest BCUT2D eigenvalue weighted by Gasteiger charge is -2.24. The van der Waals surface area contributed by atoms with E-state index in [1.807, 2.05) is 0 Å². The first-order valence-electron chi connectivity index (χ1n) is 8.51. The Morgan fingerprint density at radius 2 is 2.00 bits per heavy atom. The van der Waals surface area contributed by atoms with Crippen molar-refractivity contribution in [3.05, 3.63) is 42.5 Å². The Morgan fingerprint density at radius 1 is 1.31 bits per heavy atom. The van der Waals surface area contributed by atoms with Crippen LogP contribution < -0.4 is 5.73 Å². The third kappa shape index (κ3) is 3.14. The van der Waals surface area contributed by atoms with Gasteiger partial charge in [0.25, 0.3) is 0 Å². The van der Waals surface area contributed by atoms with Crippen molar-refractivity contribution < 1.29 is 26.9 Å². The predicted molar refractivity (Wildman–Crippen MR) is 98.0 cm³/mol. The van der Waals surface area contributed by atoms with E-state index in [1.165, 1.54) is 12.7 Å². The number of ether oxygens (including phenoxy) is 1. The van der Waals surface area contributed by atoms with E-state index < -0.39 is 38.8 Å². The molecule has 4 rings (SSSR count). The van der Waals surface area contributed by atoms with Gasteiger partial charge in [-0.05, 0) is 31.2 Å². The van der Waals surface area contributed by atoms with E-state index in [4.69, 9.17) is 10.5 Å². The summed E-state index contributed by atoms with van der Waals surface area (Å²) in [6.45, 7) is 1.54. The molecule has 2 aromatic heterocycles. The van der Waals surface area contributed by atoms with E-state index in [0.717, 1.165) is 24.3 Å². The monoisotopic (exact) mass is 421 g/mol. The molecule has 152 valence electrons. The number of anilines is 1. The highest BCUT2D eigenvalue weighted by Gasteiger charge is 2.51. The highest BCUT2D eigenvalue weighted by atomic mass is 32.3. The fraction of sp³-hybridized carbons (Fsp3) is 0.294. The van der Waals surface area contributed by atoms with Gasteiger partial charge in [0.05, 0.1) is 17.3 Å². The molecule has 1 fully saturated rings. The molecule has 1 aliphatic heterocycles. The van der Waals surface area contributed by atoms with E-state index in [-0.39, 0.29) is 17.8 Å². The van der Waals surface area contributed by atoms with E-state index in [1.54, 1.807) is 11.5 Å². The van der Waals surface area contributed by atoms with Crippen LogP contribution >= 0.6 is 0 Å². The minimum absolute atomic E-state index is 0.0260. The average molecular weight is 421 g/mol. The fourth-order valence-electron chi connectivity index (χ4n) is 3.37. The molecule has 0 aliphatic carbocycles. The van der Waals surface area contributed by atoms with Gasteiger partial charge in [-0.3, -0.25) is 9.36 Å². The molecular weight excluding hydrogens is 405 g/mol. The van der Waals surface area contributed by atoms with Crippen LogP contribution in [0.5, 0.6) is 0 Å². The molecular formula is C17H16FN5O5S. The second-order valence-electron chi connectivity index (χ2n) is 6.74. The van der Waals surface area contributed by atoms with E-state index in [2.05, 4.69) is 15.0 Å². The molecule has 0 bridgehead atoms. The number of imidazole rings is 1. The molecule has 0 spiro atoms. The Kier molecular flexibility index (Phi) is 4.37. The van der Waals surface area contributed by atoms with Gasteiger partial charge < -0.3 is 15.6 Å². The van der Waals surface area contributed by atoms with Crippen molar-refractivity contribution in [2.45, 2.75) is 36.2 Å². The number of Topliss-reactive ketones (excluding diaryl/α,β-unsaturated/α-hetero) is 1. The topological polar surface area (TPSA) is 150 Å². The van der Waals surface area contributed by atoms with Crippen molar-refractivity contribution in [1.82, 2.24) is 19.5 Å². The summed E-state index contributed by atoms with van der Waals surface area (Å²) in [6, 6.07) is 4.22. The molecule has 29 heavy (non-hydrogen) atoms. The maximum absolute atomic E-state index is 13.0. The van der Waals surface area contributed by atoms with Crippen molar-refractivity contribution >= 4 is 33.0 Å². The lowest BCUT2D eigenvalue weighted by Crippen LogP contribution is -2.44. The van der Waals surface area contributed by atoms with Crippen LogP contribution in [0.2, 0.25) is 0 Å². The second kappa shape index (κ2) is 6.54. The lowest BCUT2D eigenvalue weighted by molar-refractivity contribution is -0.0346. The van der Waals surface area contributed by atoms with Crippen LogP contribution in [0.3, 0.4) is 0 Å². The van der Waals surface area contributed by atoms with Crippen LogP contribution in [0.15, 0.2) is 41.8 Å². The maximum Gasteiger partial charge on any atom is 0.332 e. The minimum atomic E-state index is -4.88. The highest BCUT2D eigenvalue weighted by molar-refractivity contribution is 7.86. The molecule has 1 aliphatic rings. The number of hydrogen-bond donors (Lipinski definition) is 2. The Bertz CT molecular complexity index is 1210. The number of nitrogens with zero attached hydrogens (tertiary/aromatic N) is 4. The summed E-state index contributed by atoms with van der Waals surface area (Å²) < 4.78 is 42.3. The molecule has 0 amide bonds. The number of hydrogen-bond acceptors (Lipinski definition) is 9. The first kappa shape index (κ1) is 19.4. The summed E-state index contributed by atoms with van der Waals surface area (Å²) in [6.07, 6.45) is 0.965. The molecule has 3 unspecified atom stereocenters. The van der Waals surface area contributed by atoms with Gasteiger partial charge in [0, 0.05) is 12.0 Å². The van der Waals surface area contributed by atoms with Gasteiger partial charge in [-0.2, -0.15) is 8.42 Å². The smallest absolute Gasteiger partial charge is 0.332 e. The van der Waals surface area contributed by atoms with E-state index >= 15 is 0 Å². The molecule has 0 saturated carbocycles. The number of carbonyl (C=O) groups excluding carboxylic acids is 1. The third-order valence-electron chi connectivity index (χ3n) is 5.01. The molecule has 12 heteroatoms. The first-order chi connectivity index (χ1) is 13.6. The molecule has 3 aromatic rings. The number of nitrogens with two attached hydrogens (primary N) is 1. The summed E-state index contributed by atoms with van der Waals surface area (Å²) >= 11 is 0. The Balaban J connectivity index is 1.64. The van der Waals surface area contributed by atoms with Gasteiger partial charge >= 0.3 is 10.2 Å². The number of ketones is 1. The normalized spacial score (nSPS) is 24.8. The Morgan fingerprint density at radius 3 is 2.66 bits per heavy atom. The fourth-order valence-corrected chi connectivity index (χ4v) is 3.83. The molecule has 3 heterocycles. The number of halogens is 1.